The van der Waals surface area contributed by atoms with Gasteiger partial charge in [-0.1, -0.05) is 36.7 Å². The first kappa shape index (κ1) is 23.8. The van der Waals surface area contributed by atoms with Crippen LogP contribution in [0.1, 0.15) is 30.8 Å². The lowest BCUT2D eigenvalue weighted by Crippen LogP contribution is -2.55. The molecule has 2 heterocycles. The van der Waals surface area contributed by atoms with Crippen LogP contribution in [0, 0.1) is 0 Å². The summed E-state index contributed by atoms with van der Waals surface area (Å²) in [5.74, 6) is 1.19. The van der Waals surface area contributed by atoms with Gasteiger partial charge in [-0.2, -0.15) is 0 Å². The number of benzene rings is 2. The lowest BCUT2D eigenvalue weighted by molar-refractivity contribution is 0.187. The van der Waals surface area contributed by atoms with E-state index >= 15 is 0 Å². The Kier molecular flexibility index (Phi) is 7.23. The van der Waals surface area contributed by atoms with E-state index in [-0.39, 0.29) is 5.56 Å². The average molecular weight is 486 g/mol. The molecule has 0 radical (unpaired) electrons. The van der Waals surface area contributed by atoms with Gasteiger partial charge in [0.1, 0.15) is 5.75 Å². The van der Waals surface area contributed by atoms with Crippen molar-refractivity contribution in [2.24, 2.45) is 0 Å². The summed E-state index contributed by atoms with van der Waals surface area (Å²) in [6.45, 7) is 5.29. The normalized spacial score (nSPS) is 15.3. The van der Waals surface area contributed by atoms with E-state index in [0.717, 1.165) is 25.4 Å². The lowest BCUT2D eigenvalue weighted by Gasteiger charge is -2.38. The van der Waals surface area contributed by atoms with Crippen LogP contribution >= 0.6 is 11.6 Å². The quantitative estimate of drug-likeness (QED) is 0.530. The van der Waals surface area contributed by atoms with Gasteiger partial charge < -0.3 is 20.2 Å². The average Bonchev–Trinajstić information content (AvgIpc) is 2.83. The number of methoxy groups -OCH3 is 1. The Morgan fingerprint density at radius 1 is 1.18 bits per heavy atom. The Labute approximate surface area is 202 Å². The van der Waals surface area contributed by atoms with Crippen LogP contribution in [0.15, 0.2) is 47.3 Å². The Morgan fingerprint density at radius 3 is 2.50 bits per heavy atom. The molecule has 2 N–H and O–H groups in total. The summed E-state index contributed by atoms with van der Waals surface area (Å²) < 4.78 is 6.74. The summed E-state index contributed by atoms with van der Waals surface area (Å²) in [7, 11) is 1.65. The SMILES string of the molecule is CCC(NC(=O)O)c1nc2cccc(Cl)c2c(=O)n1N1CCN(Cc2ccc(OC)cc2)CC1. The fourth-order valence-corrected chi connectivity index (χ4v) is 4.53. The highest BCUT2D eigenvalue weighted by Gasteiger charge is 2.27. The standard InChI is InChI=1S/C24H28ClN5O4/c1-3-19(27-24(32)33)22-26-20-6-4-5-18(25)21(20)23(31)30(22)29-13-11-28(12-14-29)15-16-7-9-17(34-2)10-8-16/h4-10,19,27H,3,11-15H2,1-2H3,(H,32,33). The fourth-order valence-electron chi connectivity index (χ4n) is 4.28. The zero-order valence-electron chi connectivity index (χ0n) is 19.2. The number of aromatic nitrogens is 2. The molecule has 1 saturated heterocycles. The summed E-state index contributed by atoms with van der Waals surface area (Å²) in [6, 6.07) is 12.5. The van der Waals surface area contributed by atoms with E-state index in [2.05, 4.69) is 15.2 Å². The molecule has 1 atom stereocenters. The van der Waals surface area contributed by atoms with E-state index in [1.54, 1.807) is 25.3 Å². The molecule has 34 heavy (non-hydrogen) atoms. The minimum atomic E-state index is -1.16. The van der Waals surface area contributed by atoms with Crippen molar-refractivity contribution in [1.82, 2.24) is 19.9 Å². The van der Waals surface area contributed by atoms with Crippen LogP contribution in [0.2, 0.25) is 5.02 Å². The molecule has 1 fully saturated rings. The maximum absolute atomic E-state index is 13.6. The third-order valence-electron chi connectivity index (χ3n) is 6.06. The van der Waals surface area contributed by atoms with Crippen LogP contribution < -0.4 is 20.6 Å². The number of hydrogen-bond acceptors (Lipinski definition) is 6. The Bertz CT molecular complexity index is 1220. The number of rotatable bonds is 7. The molecule has 1 aromatic heterocycles. The predicted octanol–water partition coefficient (Wildman–Crippen LogP) is 3.23. The molecule has 4 rings (SSSR count). The number of carbonyl (C=O) groups is 1. The van der Waals surface area contributed by atoms with Gasteiger partial charge >= 0.3 is 6.09 Å². The van der Waals surface area contributed by atoms with Crippen molar-refractivity contribution in [3.05, 3.63) is 69.2 Å². The molecular formula is C24H28ClN5O4. The fraction of sp³-hybridized carbons (Fsp3) is 0.375. The number of halogens is 1. The second kappa shape index (κ2) is 10.3. The van der Waals surface area contributed by atoms with E-state index < -0.39 is 12.1 Å². The van der Waals surface area contributed by atoms with Crippen LogP contribution in [-0.2, 0) is 6.54 Å². The summed E-state index contributed by atoms with van der Waals surface area (Å²) in [5.41, 5.74) is 1.34. The first-order chi connectivity index (χ1) is 16.4. The molecule has 3 aromatic rings. The number of piperazine rings is 1. The van der Waals surface area contributed by atoms with Crippen LogP contribution in [0.5, 0.6) is 5.75 Å². The number of nitrogens with one attached hydrogen (secondary N) is 1. The summed E-state index contributed by atoms with van der Waals surface area (Å²) in [5, 5.41) is 14.4. The van der Waals surface area contributed by atoms with Crippen LogP contribution in [0.25, 0.3) is 10.9 Å². The van der Waals surface area contributed by atoms with Crippen molar-refractivity contribution >= 4 is 28.6 Å². The van der Waals surface area contributed by atoms with Crippen molar-refractivity contribution in [1.29, 1.82) is 0 Å². The number of amides is 1. The van der Waals surface area contributed by atoms with Gasteiger partial charge in [-0.3, -0.25) is 9.69 Å². The van der Waals surface area contributed by atoms with Gasteiger partial charge in [0.15, 0.2) is 5.82 Å². The Morgan fingerprint density at radius 2 is 1.88 bits per heavy atom. The van der Waals surface area contributed by atoms with Crippen molar-refractivity contribution in [3.63, 3.8) is 0 Å². The van der Waals surface area contributed by atoms with Gasteiger partial charge in [0.25, 0.3) is 5.56 Å². The number of ether oxygens (including phenoxy) is 1. The highest BCUT2D eigenvalue weighted by atomic mass is 35.5. The third-order valence-corrected chi connectivity index (χ3v) is 6.38. The van der Waals surface area contributed by atoms with Gasteiger partial charge in [-0.05, 0) is 36.2 Å². The smallest absolute Gasteiger partial charge is 0.405 e. The monoisotopic (exact) mass is 485 g/mol. The van der Waals surface area contributed by atoms with Crippen LogP contribution in [-0.4, -0.2) is 59.0 Å². The zero-order chi connectivity index (χ0) is 24.2. The highest BCUT2D eigenvalue weighted by Crippen LogP contribution is 2.23. The topological polar surface area (TPSA) is 99.9 Å². The molecule has 0 spiro atoms. The molecule has 1 aliphatic heterocycles. The first-order valence-electron chi connectivity index (χ1n) is 11.2. The minimum absolute atomic E-state index is 0.292. The largest absolute Gasteiger partial charge is 0.497 e. The molecule has 0 bridgehead atoms. The van der Waals surface area contributed by atoms with Gasteiger partial charge in [0.2, 0.25) is 0 Å². The molecule has 1 amide bonds. The molecule has 2 aromatic carbocycles. The van der Waals surface area contributed by atoms with Crippen molar-refractivity contribution < 1.29 is 14.6 Å². The molecule has 10 heteroatoms. The molecule has 180 valence electrons. The van der Waals surface area contributed by atoms with Gasteiger partial charge in [0.05, 0.1) is 29.1 Å². The first-order valence-corrected chi connectivity index (χ1v) is 11.6. The number of nitrogens with zero attached hydrogens (tertiary/aromatic N) is 4. The van der Waals surface area contributed by atoms with Crippen molar-refractivity contribution in [2.45, 2.75) is 25.9 Å². The summed E-state index contributed by atoms with van der Waals surface area (Å²) in [4.78, 5) is 32.0. The Hall–Kier alpha value is -3.30. The van der Waals surface area contributed by atoms with E-state index in [9.17, 15) is 14.7 Å². The maximum atomic E-state index is 13.6. The number of carboxylic acid groups (broad SMARTS) is 1. The van der Waals surface area contributed by atoms with Gasteiger partial charge in [-0.15, -0.1) is 0 Å². The number of hydrogen-bond donors (Lipinski definition) is 2. The molecule has 1 aliphatic rings. The highest BCUT2D eigenvalue weighted by molar-refractivity contribution is 6.35. The zero-order valence-corrected chi connectivity index (χ0v) is 20.0. The molecule has 9 nitrogen and oxygen atoms in total. The maximum Gasteiger partial charge on any atom is 0.405 e. The van der Waals surface area contributed by atoms with Crippen LogP contribution in [0.4, 0.5) is 4.79 Å². The van der Waals surface area contributed by atoms with Crippen molar-refractivity contribution in [2.75, 3.05) is 38.3 Å². The molecular weight excluding hydrogens is 458 g/mol. The number of fused-ring (bicyclic) bond motifs is 1. The second-order valence-corrected chi connectivity index (χ2v) is 8.62. The van der Waals surface area contributed by atoms with E-state index in [1.165, 1.54) is 10.2 Å². The van der Waals surface area contributed by atoms with E-state index in [0.29, 0.717) is 41.3 Å². The lowest BCUT2D eigenvalue weighted by atomic mass is 10.1. The van der Waals surface area contributed by atoms with E-state index in [1.807, 2.05) is 36.2 Å². The second-order valence-electron chi connectivity index (χ2n) is 8.21. The molecule has 0 aliphatic carbocycles. The molecule has 0 saturated carbocycles. The summed E-state index contributed by atoms with van der Waals surface area (Å²) >= 11 is 6.36. The Balaban J connectivity index is 1.63. The van der Waals surface area contributed by atoms with Crippen LogP contribution in [0.3, 0.4) is 0 Å². The predicted molar refractivity (Wildman–Crippen MR) is 131 cm³/mol. The minimum Gasteiger partial charge on any atom is -0.497 e. The third kappa shape index (κ3) is 4.95. The molecule has 1 unspecified atom stereocenters. The van der Waals surface area contributed by atoms with Gasteiger partial charge in [0, 0.05) is 32.7 Å². The van der Waals surface area contributed by atoms with E-state index in [4.69, 9.17) is 16.3 Å². The summed E-state index contributed by atoms with van der Waals surface area (Å²) in [6.07, 6.45) is -0.717. The van der Waals surface area contributed by atoms with Gasteiger partial charge in [-0.25, -0.2) is 14.5 Å². The van der Waals surface area contributed by atoms with Crippen molar-refractivity contribution in [3.8, 4) is 5.75 Å².